The zero-order chi connectivity index (χ0) is 21.3. The van der Waals surface area contributed by atoms with Gasteiger partial charge in [0.15, 0.2) is 0 Å². The second kappa shape index (κ2) is 8.46. The number of aryl methyl sites for hydroxylation is 2. The predicted molar refractivity (Wildman–Crippen MR) is 113 cm³/mol. The Morgan fingerprint density at radius 1 is 1.10 bits per heavy atom. The van der Waals surface area contributed by atoms with Crippen LogP contribution in [0.1, 0.15) is 58.2 Å². The number of piperidine rings is 1. The van der Waals surface area contributed by atoms with E-state index in [1.807, 2.05) is 23.6 Å². The van der Waals surface area contributed by atoms with Gasteiger partial charge in [0, 0.05) is 51.5 Å². The fourth-order valence-electron chi connectivity index (χ4n) is 4.62. The predicted octanol–water partition coefficient (Wildman–Crippen LogP) is 3.03. The number of carbonyl (C=O) groups is 2. The maximum Gasteiger partial charge on any atom is 0.327 e. The van der Waals surface area contributed by atoms with Crippen LogP contribution in [-0.4, -0.2) is 68.1 Å². The van der Waals surface area contributed by atoms with Gasteiger partial charge < -0.3 is 4.90 Å². The molecule has 0 radical (unpaired) electrons. The Morgan fingerprint density at radius 2 is 1.76 bits per heavy atom. The second-order valence-electron chi connectivity index (χ2n) is 9.65. The van der Waals surface area contributed by atoms with Crippen molar-refractivity contribution in [1.29, 1.82) is 0 Å². The second-order valence-corrected chi connectivity index (χ2v) is 9.65. The summed E-state index contributed by atoms with van der Waals surface area (Å²) in [5, 5.41) is 4.44. The quantitative estimate of drug-likeness (QED) is 0.657. The largest absolute Gasteiger partial charge is 0.327 e. The van der Waals surface area contributed by atoms with Crippen LogP contribution in [0.15, 0.2) is 6.20 Å². The molecule has 1 spiro atoms. The summed E-state index contributed by atoms with van der Waals surface area (Å²) in [6, 6.07) is -0.0825. The number of imide groups is 1. The molecule has 0 saturated carbocycles. The molecule has 3 rings (SSSR count). The standard InChI is InChI=1S/C22H37N5O2/c1-16(2)7-10-27-21(29)26(13-17(3)4)20(28)22(27)8-11-25(12-9-22)15-19-14-24(6)23-18(19)5/h14,16-17H,7-13,15H2,1-6H3. The molecular weight excluding hydrogens is 366 g/mol. The molecule has 2 aliphatic heterocycles. The Morgan fingerprint density at radius 3 is 2.28 bits per heavy atom. The zero-order valence-corrected chi connectivity index (χ0v) is 18.9. The Balaban J connectivity index is 1.75. The maximum absolute atomic E-state index is 13.4. The number of amides is 3. The van der Waals surface area contributed by atoms with E-state index >= 15 is 0 Å². The van der Waals surface area contributed by atoms with Gasteiger partial charge in [-0.15, -0.1) is 0 Å². The van der Waals surface area contributed by atoms with Crippen LogP contribution >= 0.6 is 0 Å². The molecule has 0 atom stereocenters. The number of nitrogens with zero attached hydrogens (tertiary/aromatic N) is 5. The summed E-state index contributed by atoms with van der Waals surface area (Å²) in [6.07, 6.45) is 4.42. The summed E-state index contributed by atoms with van der Waals surface area (Å²) < 4.78 is 1.85. The molecule has 2 saturated heterocycles. The molecule has 0 N–H and O–H groups in total. The minimum absolute atomic E-state index is 0.0252. The van der Waals surface area contributed by atoms with Crippen LogP contribution in [0.2, 0.25) is 0 Å². The lowest BCUT2D eigenvalue weighted by Crippen LogP contribution is -2.56. The molecule has 0 bridgehead atoms. The van der Waals surface area contributed by atoms with E-state index in [9.17, 15) is 9.59 Å². The number of rotatable bonds is 7. The summed E-state index contributed by atoms with van der Waals surface area (Å²) in [5.41, 5.74) is 1.64. The minimum Gasteiger partial charge on any atom is -0.309 e. The molecule has 3 heterocycles. The van der Waals surface area contributed by atoms with E-state index < -0.39 is 5.54 Å². The topological polar surface area (TPSA) is 61.7 Å². The molecule has 1 aromatic rings. The van der Waals surface area contributed by atoms with E-state index in [0.29, 0.717) is 31.8 Å². The Hall–Kier alpha value is -1.89. The molecule has 7 nitrogen and oxygen atoms in total. The minimum atomic E-state index is -0.651. The van der Waals surface area contributed by atoms with Gasteiger partial charge in [-0.1, -0.05) is 27.7 Å². The van der Waals surface area contributed by atoms with Crippen molar-refractivity contribution >= 4 is 11.9 Å². The summed E-state index contributed by atoms with van der Waals surface area (Å²) in [6.45, 7) is 14.2. The van der Waals surface area contributed by atoms with Gasteiger partial charge in [0.2, 0.25) is 0 Å². The van der Waals surface area contributed by atoms with E-state index in [1.165, 1.54) is 10.5 Å². The first-order chi connectivity index (χ1) is 13.6. The van der Waals surface area contributed by atoms with Gasteiger partial charge in [0.1, 0.15) is 5.54 Å². The molecule has 29 heavy (non-hydrogen) atoms. The lowest BCUT2D eigenvalue weighted by Gasteiger charge is -2.42. The van der Waals surface area contributed by atoms with Gasteiger partial charge in [0.05, 0.1) is 5.69 Å². The summed E-state index contributed by atoms with van der Waals surface area (Å²) >= 11 is 0. The van der Waals surface area contributed by atoms with Crippen molar-refractivity contribution in [3.8, 4) is 0 Å². The number of aromatic nitrogens is 2. The first-order valence-corrected chi connectivity index (χ1v) is 11.0. The van der Waals surface area contributed by atoms with E-state index in [0.717, 1.165) is 31.7 Å². The van der Waals surface area contributed by atoms with Gasteiger partial charge in [-0.25, -0.2) is 4.79 Å². The molecule has 162 valence electrons. The summed E-state index contributed by atoms with van der Waals surface area (Å²) in [4.78, 5) is 32.4. The van der Waals surface area contributed by atoms with Crippen molar-refractivity contribution in [2.75, 3.05) is 26.2 Å². The average Bonchev–Trinajstić information content (AvgIpc) is 3.04. The monoisotopic (exact) mass is 403 g/mol. The number of carbonyl (C=O) groups excluding carboxylic acids is 2. The van der Waals surface area contributed by atoms with Crippen molar-refractivity contribution in [1.82, 2.24) is 24.5 Å². The Kier molecular flexibility index (Phi) is 6.36. The smallest absolute Gasteiger partial charge is 0.309 e. The van der Waals surface area contributed by atoms with Gasteiger partial charge in [0.25, 0.3) is 5.91 Å². The van der Waals surface area contributed by atoms with E-state index in [2.05, 4.69) is 43.9 Å². The highest BCUT2D eigenvalue weighted by molar-refractivity contribution is 6.07. The third kappa shape index (κ3) is 4.34. The van der Waals surface area contributed by atoms with Crippen molar-refractivity contribution < 1.29 is 9.59 Å². The Labute approximate surface area is 175 Å². The highest BCUT2D eigenvalue weighted by Gasteiger charge is 2.57. The molecule has 0 aromatic carbocycles. The third-order valence-electron chi connectivity index (χ3n) is 6.29. The molecule has 0 unspecified atom stereocenters. The maximum atomic E-state index is 13.4. The zero-order valence-electron chi connectivity index (χ0n) is 18.9. The normalized spacial score (nSPS) is 20.1. The molecule has 3 amide bonds. The van der Waals surface area contributed by atoms with Crippen LogP contribution in [-0.2, 0) is 18.4 Å². The number of likely N-dealkylation sites (tertiary alicyclic amines) is 1. The van der Waals surface area contributed by atoms with Crippen molar-refractivity contribution in [2.24, 2.45) is 18.9 Å². The van der Waals surface area contributed by atoms with E-state index in [1.54, 1.807) is 0 Å². The van der Waals surface area contributed by atoms with Gasteiger partial charge in [-0.2, -0.15) is 5.10 Å². The van der Waals surface area contributed by atoms with Crippen molar-refractivity contribution in [3.05, 3.63) is 17.5 Å². The van der Waals surface area contributed by atoms with Crippen LogP contribution in [0.3, 0.4) is 0 Å². The highest BCUT2D eigenvalue weighted by atomic mass is 16.2. The number of hydrogen-bond donors (Lipinski definition) is 0. The number of hydrogen-bond acceptors (Lipinski definition) is 4. The highest BCUT2D eigenvalue weighted by Crippen LogP contribution is 2.38. The van der Waals surface area contributed by atoms with Crippen LogP contribution < -0.4 is 0 Å². The first kappa shape index (κ1) is 21.8. The number of urea groups is 1. The first-order valence-electron chi connectivity index (χ1n) is 11.0. The molecule has 7 heteroatoms. The van der Waals surface area contributed by atoms with Crippen LogP contribution in [0.5, 0.6) is 0 Å². The summed E-state index contributed by atoms with van der Waals surface area (Å²) in [5.74, 6) is 0.804. The van der Waals surface area contributed by atoms with E-state index in [-0.39, 0.29) is 17.9 Å². The fourth-order valence-corrected chi connectivity index (χ4v) is 4.62. The SMILES string of the molecule is Cc1nn(C)cc1CN1CCC2(CC1)C(=O)N(CC(C)C)C(=O)N2CCC(C)C. The van der Waals surface area contributed by atoms with Gasteiger partial charge >= 0.3 is 6.03 Å². The Bertz CT molecular complexity index is 746. The molecule has 1 aromatic heterocycles. The molecule has 2 aliphatic rings. The fraction of sp³-hybridized carbons (Fsp3) is 0.773. The molecule has 0 aliphatic carbocycles. The third-order valence-corrected chi connectivity index (χ3v) is 6.29. The lowest BCUT2D eigenvalue weighted by molar-refractivity contribution is -0.136. The van der Waals surface area contributed by atoms with Crippen LogP contribution in [0.25, 0.3) is 0 Å². The van der Waals surface area contributed by atoms with Crippen LogP contribution in [0.4, 0.5) is 4.79 Å². The summed E-state index contributed by atoms with van der Waals surface area (Å²) in [7, 11) is 1.94. The molecular formula is C22H37N5O2. The van der Waals surface area contributed by atoms with Crippen LogP contribution in [0, 0.1) is 18.8 Å². The lowest BCUT2D eigenvalue weighted by atomic mass is 9.85. The van der Waals surface area contributed by atoms with Crippen molar-refractivity contribution in [3.63, 3.8) is 0 Å². The average molecular weight is 404 g/mol. The van der Waals surface area contributed by atoms with Gasteiger partial charge in [-0.3, -0.25) is 19.3 Å². The van der Waals surface area contributed by atoms with E-state index in [4.69, 9.17) is 0 Å². The molecule has 2 fully saturated rings. The van der Waals surface area contributed by atoms with Gasteiger partial charge in [-0.05, 0) is 38.0 Å². The van der Waals surface area contributed by atoms with Crippen molar-refractivity contribution in [2.45, 2.75) is 66.0 Å².